The molecular formula is C13H22N4O2S. The summed E-state index contributed by atoms with van der Waals surface area (Å²) in [4.78, 5) is 3.97. The van der Waals surface area contributed by atoms with E-state index in [1.807, 2.05) is 0 Å². The molecule has 0 radical (unpaired) electrons. The predicted octanol–water partition coefficient (Wildman–Crippen LogP) is 1.76. The van der Waals surface area contributed by atoms with Crippen LogP contribution in [0.2, 0.25) is 0 Å². The van der Waals surface area contributed by atoms with E-state index in [2.05, 4.69) is 15.1 Å². The lowest BCUT2D eigenvalue weighted by Crippen LogP contribution is -2.35. The van der Waals surface area contributed by atoms with Crippen LogP contribution in [-0.2, 0) is 10.0 Å². The monoisotopic (exact) mass is 298 g/mol. The number of sulfonamides is 1. The van der Waals surface area contributed by atoms with Crippen LogP contribution in [0.3, 0.4) is 0 Å². The number of hydrogen-bond acceptors (Lipinski definition) is 5. The van der Waals surface area contributed by atoms with Crippen LogP contribution in [0.4, 0.5) is 5.69 Å². The van der Waals surface area contributed by atoms with Crippen LogP contribution in [-0.4, -0.2) is 19.4 Å². The number of nitrogen functional groups attached to an aromatic ring is 1. The van der Waals surface area contributed by atoms with Gasteiger partial charge in [-0.3, -0.25) is 10.8 Å². The number of hydrogen-bond donors (Lipinski definition) is 3. The quantitative estimate of drug-likeness (QED) is 0.581. The first-order valence-corrected chi connectivity index (χ1v) is 8.55. The molecule has 0 saturated heterocycles. The van der Waals surface area contributed by atoms with Crippen LogP contribution < -0.4 is 16.0 Å². The van der Waals surface area contributed by atoms with E-state index in [0.29, 0.717) is 5.69 Å². The van der Waals surface area contributed by atoms with Gasteiger partial charge in [-0.15, -0.1) is 0 Å². The number of pyridine rings is 1. The van der Waals surface area contributed by atoms with Gasteiger partial charge in [-0.25, -0.2) is 13.1 Å². The Balaban J connectivity index is 2.13. The molecule has 1 aliphatic carbocycles. The fourth-order valence-electron chi connectivity index (χ4n) is 2.57. The highest BCUT2D eigenvalue weighted by Crippen LogP contribution is 2.22. The summed E-state index contributed by atoms with van der Waals surface area (Å²) in [6, 6.07) is 1.55. The third-order valence-corrected chi connectivity index (χ3v) is 5.20. The van der Waals surface area contributed by atoms with Gasteiger partial charge in [-0.1, -0.05) is 32.1 Å². The molecule has 0 bridgehead atoms. The molecule has 1 saturated carbocycles. The van der Waals surface area contributed by atoms with Crippen LogP contribution in [0.1, 0.15) is 44.9 Å². The van der Waals surface area contributed by atoms with Gasteiger partial charge in [0.15, 0.2) is 0 Å². The Morgan fingerprint density at radius 2 is 1.80 bits per heavy atom. The summed E-state index contributed by atoms with van der Waals surface area (Å²) in [6.07, 6.45) is 10.4. The van der Waals surface area contributed by atoms with Gasteiger partial charge in [0.25, 0.3) is 0 Å². The molecule has 0 aromatic carbocycles. The van der Waals surface area contributed by atoms with Gasteiger partial charge in [-0.05, 0) is 18.9 Å². The summed E-state index contributed by atoms with van der Waals surface area (Å²) < 4.78 is 27.7. The number of aromatic nitrogens is 1. The van der Waals surface area contributed by atoms with Crippen molar-refractivity contribution in [2.45, 2.75) is 55.9 Å². The molecule has 0 spiro atoms. The van der Waals surface area contributed by atoms with E-state index < -0.39 is 10.0 Å². The first-order chi connectivity index (χ1) is 9.63. The number of rotatable bonds is 4. The largest absolute Gasteiger partial charge is 0.323 e. The summed E-state index contributed by atoms with van der Waals surface area (Å²) in [6.45, 7) is 0. The minimum atomic E-state index is -3.59. The van der Waals surface area contributed by atoms with Crippen LogP contribution in [0.25, 0.3) is 0 Å². The zero-order chi connectivity index (χ0) is 14.4. The lowest BCUT2D eigenvalue weighted by atomic mass is 9.97. The van der Waals surface area contributed by atoms with Crippen molar-refractivity contribution in [2.24, 2.45) is 5.84 Å². The van der Waals surface area contributed by atoms with Crippen molar-refractivity contribution in [1.82, 2.24) is 9.71 Å². The SMILES string of the molecule is NNc1ccncc1S(=O)(=O)NC1CCCCCCC1. The third kappa shape index (κ3) is 3.91. The minimum absolute atomic E-state index is 0.00568. The second-order valence-corrected chi connectivity index (χ2v) is 6.86. The number of anilines is 1. The van der Waals surface area contributed by atoms with E-state index in [1.54, 1.807) is 6.07 Å². The molecule has 1 fully saturated rings. The van der Waals surface area contributed by atoms with Crippen molar-refractivity contribution < 1.29 is 8.42 Å². The topological polar surface area (TPSA) is 97.1 Å². The Morgan fingerprint density at radius 3 is 2.45 bits per heavy atom. The lowest BCUT2D eigenvalue weighted by Gasteiger charge is -2.21. The van der Waals surface area contributed by atoms with Crippen LogP contribution in [0.5, 0.6) is 0 Å². The molecule has 6 nitrogen and oxygen atoms in total. The summed E-state index contributed by atoms with van der Waals surface area (Å²) in [5, 5.41) is 0. The van der Waals surface area contributed by atoms with Crippen LogP contribution in [0.15, 0.2) is 23.4 Å². The maximum absolute atomic E-state index is 12.4. The fraction of sp³-hybridized carbons (Fsp3) is 0.615. The highest BCUT2D eigenvalue weighted by Gasteiger charge is 2.23. The number of nitrogens with two attached hydrogens (primary N) is 1. The lowest BCUT2D eigenvalue weighted by molar-refractivity contribution is 0.426. The Morgan fingerprint density at radius 1 is 1.15 bits per heavy atom. The molecule has 4 N–H and O–H groups in total. The normalized spacial score (nSPS) is 18.2. The Hall–Kier alpha value is -1.18. The third-order valence-electron chi connectivity index (χ3n) is 3.66. The van der Waals surface area contributed by atoms with Crippen molar-refractivity contribution in [1.29, 1.82) is 0 Å². The van der Waals surface area contributed by atoms with Gasteiger partial charge in [0, 0.05) is 18.4 Å². The van der Waals surface area contributed by atoms with Crippen LogP contribution in [0, 0.1) is 0 Å². The van der Waals surface area contributed by atoms with Gasteiger partial charge >= 0.3 is 0 Å². The van der Waals surface area contributed by atoms with Gasteiger partial charge in [0.05, 0.1) is 5.69 Å². The highest BCUT2D eigenvalue weighted by molar-refractivity contribution is 7.89. The second-order valence-electron chi connectivity index (χ2n) is 5.18. The van der Waals surface area contributed by atoms with Gasteiger partial charge in [0.1, 0.15) is 4.90 Å². The molecule has 0 amide bonds. The van der Waals surface area contributed by atoms with Gasteiger partial charge in [0.2, 0.25) is 10.0 Å². The molecular weight excluding hydrogens is 276 g/mol. The summed E-state index contributed by atoms with van der Waals surface area (Å²) in [5.74, 6) is 5.36. The first kappa shape index (κ1) is 15.2. The summed E-state index contributed by atoms with van der Waals surface area (Å²) in [7, 11) is -3.59. The standard InChI is InChI=1S/C13H22N4O2S/c14-16-12-8-9-15-10-13(12)20(18,19)17-11-6-4-2-1-3-5-7-11/h8-11,17H,1-7,14H2,(H,15,16). The van der Waals surface area contributed by atoms with Crippen molar-refractivity contribution in [2.75, 3.05) is 5.43 Å². The van der Waals surface area contributed by atoms with E-state index in [4.69, 9.17) is 5.84 Å². The smallest absolute Gasteiger partial charge is 0.244 e. The van der Waals surface area contributed by atoms with E-state index in [9.17, 15) is 8.42 Å². The zero-order valence-electron chi connectivity index (χ0n) is 11.5. The van der Waals surface area contributed by atoms with Crippen molar-refractivity contribution >= 4 is 15.7 Å². The molecule has 112 valence electrons. The molecule has 2 rings (SSSR count). The van der Waals surface area contributed by atoms with E-state index >= 15 is 0 Å². The van der Waals surface area contributed by atoms with Crippen LogP contribution >= 0.6 is 0 Å². The molecule has 1 heterocycles. The first-order valence-electron chi connectivity index (χ1n) is 7.06. The molecule has 1 aromatic heterocycles. The van der Waals surface area contributed by atoms with Gasteiger partial charge < -0.3 is 5.43 Å². The number of hydrazine groups is 1. The molecule has 0 aliphatic heterocycles. The summed E-state index contributed by atoms with van der Waals surface area (Å²) >= 11 is 0. The van der Waals surface area contributed by atoms with Gasteiger partial charge in [-0.2, -0.15) is 0 Å². The Labute approximate surface area is 120 Å². The fourth-order valence-corrected chi connectivity index (χ4v) is 3.99. The molecule has 20 heavy (non-hydrogen) atoms. The minimum Gasteiger partial charge on any atom is -0.323 e. The Kier molecular flexibility index (Phi) is 5.33. The zero-order valence-corrected chi connectivity index (χ0v) is 12.3. The average Bonchev–Trinajstić information content (AvgIpc) is 2.41. The number of nitrogens with one attached hydrogen (secondary N) is 2. The van der Waals surface area contributed by atoms with Crippen molar-refractivity contribution in [3.8, 4) is 0 Å². The maximum Gasteiger partial charge on any atom is 0.244 e. The Bertz CT molecular complexity index is 525. The van der Waals surface area contributed by atoms with E-state index in [-0.39, 0.29) is 10.9 Å². The number of nitrogens with zero attached hydrogens (tertiary/aromatic N) is 1. The average molecular weight is 298 g/mol. The molecule has 7 heteroatoms. The predicted molar refractivity (Wildman–Crippen MR) is 78.5 cm³/mol. The molecule has 0 unspecified atom stereocenters. The maximum atomic E-state index is 12.4. The van der Waals surface area contributed by atoms with E-state index in [0.717, 1.165) is 25.7 Å². The second kappa shape index (κ2) is 7.01. The molecule has 0 atom stereocenters. The van der Waals surface area contributed by atoms with E-state index in [1.165, 1.54) is 31.7 Å². The van der Waals surface area contributed by atoms with Crippen molar-refractivity contribution in [3.05, 3.63) is 18.5 Å². The van der Waals surface area contributed by atoms with Crippen molar-refractivity contribution in [3.63, 3.8) is 0 Å². The molecule has 1 aromatic rings. The summed E-state index contributed by atoms with van der Waals surface area (Å²) in [5.41, 5.74) is 2.76. The highest BCUT2D eigenvalue weighted by atomic mass is 32.2. The molecule has 1 aliphatic rings.